The predicted molar refractivity (Wildman–Crippen MR) is 247 cm³/mol. The van der Waals surface area contributed by atoms with E-state index in [1.165, 1.54) is 49.1 Å². The molecule has 0 unspecified atom stereocenters. The van der Waals surface area contributed by atoms with Gasteiger partial charge in [-0.2, -0.15) is 0 Å². The molecule has 65 heavy (non-hydrogen) atoms. The molecule has 6 heterocycles. The number of aromatic nitrogens is 2. The van der Waals surface area contributed by atoms with E-state index in [9.17, 15) is 23.3 Å². The zero-order valence-electron chi connectivity index (χ0n) is 36.5. The van der Waals surface area contributed by atoms with Crippen LogP contribution in [0.2, 0.25) is 0 Å². The van der Waals surface area contributed by atoms with Gasteiger partial charge >= 0.3 is 0 Å². The first kappa shape index (κ1) is 42.9. The SMILES string of the molecule is C=C(C)c1ccccc1[C@@H]1CCCN1C1CC2(CCN(c3ccc(C(=O)NS(=O)(=O)c4cc5c(c([N+](=O)[O-])c4)N[C@@H](CN4CCOCC4)CO5)c(Oc4cnc5[nH]ccc5c4)c3)CC2)C1. The maximum absolute atomic E-state index is 14.1. The molecular formula is C48H54N8O8S. The number of hydrogen-bond acceptors (Lipinski definition) is 13. The van der Waals surface area contributed by atoms with Gasteiger partial charge in [-0.1, -0.05) is 36.4 Å². The molecular weight excluding hydrogens is 849 g/mol. The lowest BCUT2D eigenvalue weighted by atomic mass is 9.59. The van der Waals surface area contributed by atoms with E-state index in [1.807, 2.05) is 12.1 Å². The first-order valence-electron chi connectivity index (χ1n) is 22.5. The van der Waals surface area contributed by atoms with Gasteiger partial charge in [0.05, 0.1) is 40.8 Å². The Kier molecular flexibility index (Phi) is 11.5. The van der Waals surface area contributed by atoms with Crippen molar-refractivity contribution in [2.45, 2.75) is 68.5 Å². The Morgan fingerprint density at radius 2 is 1.83 bits per heavy atom. The Bertz CT molecular complexity index is 2760. The van der Waals surface area contributed by atoms with Crippen LogP contribution in [0.3, 0.4) is 0 Å². The van der Waals surface area contributed by atoms with E-state index >= 15 is 0 Å². The number of carbonyl (C=O) groups is 1. The van der Waals surface area contributed by atoms with Crippen molar-refractivity contribution in [2.75, 3.05) is 69.3 Å². The number of likely N-dealkylation sites (tertiary alicyclic amines) is 1. The second-order valence-corrected chi connectivity index (χ2v) is 19.9. The number of nitro groups is 1. The summed E-state index contributed by atoms with van der Waals surface area (Å²) < 4.78 is 47.7. The molecule has 4 aliphatic heterocycles. The van der Waals surface area contributed by atoms with Crippen LogP contribution in [0.15, 0.2) is 90.6 Å². The van der Waals surface area contributed by atoms with Crippen molar-refractivity contribution in [3.63, 3.8) is 0 Å². The van der Waals surface area contributed by atoms with Crippen LogP contribution in [0.1, 0.15) is 73.0 Å². The van der Waals surface area contributed by atoms with Gasteiger partial charge in [-0.25, -0.2) is 18.1 Å². The van der Waals surface area contributed by atoms with Crippen LogP contribution in [-0.2, 0) is 14.8 Å². The monoisotopic (exact) mass is 902 g/mol. The van der Waals surface area contributed by atoms with Crippen LogP contribution in [0, 0.1) is 15.5 Å². The summed E-state index contributed by atoms with van der Waals surface area (Å²) >= 11 is 0. The fourth-order valence-corrected chi connectivity index (χ4v) is 11.6. The number of anilines is 2. The number of ether oxygens (including phenoxy) is 3. The summed E-state index contributed by atoms with van der Waals surface area (Å²) in [6.45, 7) is 12.5. The Morgan fingerprint density at radius 1 is 1.03 bits per heavy atom. The average molecular weight is 903 g/mol. The first-order valence-corrected chi connectivity index (χ1v) is 24.0. The summed E-state index contributed by atoms with van der Waals surface area (Å²) in [7, 11) is -4.64. The molecule has 1 amide bonds. The Labute approximate surface area is 378 Å². The van der Waals surface area contributed by atoms with Crippen molar-refractivity contribution in [3.8, 4) is 17.2 Å². The molecule has 4 fully saturated rings. The summed E-state index contributed by atoms with van der Waals surface area (Å²) in [5.74, 6) is -0.452. The third-order valence-electron chi connectivity index (χ3n) is 14.0. The van der Waals surface area contributed by atoms with Gasteiger partial charge in [0.25, 0.3) is 21.6 Å². The van der Waals surface area contributed by atoms with E-state index in [0.717, 1.165) is 68.3 Å². The van der Waals surface area contributed by atoms with Crippen molar-refractivity contribution < 1.29 is 32.3 Å². The van der Waals surface area contributed by atoms with Gasteiger partial charge in [0.2, 0.25) is 0 Å². The Balaban J connectivity index is 0.854. The van der Waals surface area contributed by atoms with Gasteiger partial charge in [0.1, 0.15) is 23.8 Å². The molecule has 1 aliphatic carbocycles. The number of morpholine rings is 1. The molecule has 5 aliphatic rings. The lowest BCUT2D eigenvalue weighted by molar-refractivity contribution is -0.384. The van der Waals surface area contributed by atoms with Gasteiger partial charge in [-0.15, -0.1) is 0 Å². The van der Waals surface area contributed by atoms with Crippen molar-refractivity contribution in [2.24, 2.45) is 5.41 Å². The number of nitrogens with one attached hydrogen (secondary N) is 3. The number of nitro benzene ring substituents is 1. The minimum atomic E-state index is -4.64. The number of allylic oxidation sites excluding steroid dienone is 1. The number of hydrogen-bond donors (Lipinski definition) is 3. The molecule has 17 heteroatoms. The number of carbonyl (C=O) groups excluding carboxylic acids is 1. The third-order valence-corrected chi connectivity index (χ3v) is 15.4. The highest BCUT2D eigenvalue weighted by Crippen LogP contribution is 2.54. The van der Waals surface area contributed by atoms with Crippen LogP contribution in [-0.4, -0.2) is 110 Å². The highest BCUT2D eigenvalue weighted by molar-refractivity contribution is 7.90. The van der Waals surface area contributed by atoms with Crippen molar-refractivity contribution in [3.05, 3.63) is 113 Å². The molecule has 1 saturated carbocycles. The van der Waals surface area contributed by atoms with Crippen LogP contribution >= 0.6 is 0 Å². The number of piperidine rings is 1. The van der Waals surface area contributed by atoms with E-state index < -0.39 is 31.4 Å². The van der Waals surface area contributed by atoms with Gasteiger partial charge in [-0.05, 0) is 92.8 Å². The van der Waals surface area contributed by atoms with Gasteiger partial charge in [0, 0.05) is 80.3 Å². The van der Waals surface area contributed by atoms with Crippen LogP contribution in [0.5, 0.6) is 17.2 Å². The van der Waals surface area contributed by atoms with Crippen molar-refractivity contribution in [1.82, 2.24) is 24.5 Å². The van der Waals surface area contributed by atoms with Crippen LogP contribution < -0.4 is 24.4 Å². The number of aromatic amines is 1. The number of pyridine rings is 1. The summed E-state index contributed by atoms with van der Waals surface area (Å²) in [4.78, 5) is 40.0. The minimum Gasteiger partial charge on any atom is -0.489 e. The van der Waals surface area contributed by atoms with E-state index in [2.05, 4.69) is 72.5 Å². The summed E-state index contributed by atoms with van der Waals surface area (Å²) in [6, 6.07) is 20.4. The summed E-state index contributed by atoms with van der Waals surface area (Å²) in [5.41, 5.74) is 5.14. The van der Waals surface area contributed by atoms with E-state index in [1.54, 1.807) is 24.4 Å². The molecule has 2 atom stereocenters. The minimum absolute atomic E-state index is 0.0108. The zero-order chi connectivity index (χ0) is 44.9. The lowest BCUT2D eigenvalue weighted by Gasteiger charge is -2.56. The molecule has 3 aromatic carbocycles. The third kappa shape index (κ3) is 8.65. The van der Waals surface area contributed by atoms with Gasteiger partial charge in [-0.3, -0.25) is 24.7 Å². The Morgan fingerprint density at radius 3 is 2.62 bits per heavy atom. The van der Waals surface area contributed by atoms with Crippen molar-refractivity contribution >= 4 is 49.6 Å². The topological polar surface area (TPSA) is 184 Å². The fraction of sp³-hybridized carbons (Fsp3) is 0.417. The molecule has 0 bridgehead atoms. The van der Waals surface area contributed by atoms with Gasteiger partial charge in [0.15, 0.2) is 11.4 Å². The molecule has 0 radical (unpaired) electrons. The number of benzene rings is 3. The summed E-state index contributed by atoms with van der Waals surface area (Å²) in [6.07, 6.45) is 10.1. The molecule has 3 saturated heterocycles. The first-order chi connectivity index (χ1) is 31.4. The zero-order valence-corrected chi connectivity index (χ0v) is 37.3. The largest absolute Gasteiger partial charge is 0.489 e. The van der Waals surface area contributed by atoms with E-state index in [0.29, 0.717) is 43.2 Å². The lowest BCUT2D eigenvalue weighted by Crippen LogP contribution is -2.54. The van der Waals surface area contributed by atoms with E-state index in [4.69, 9.17) is 14.2 Å². The number of H-pyrrole nitrogens is 1. The molecule has 5 aromatic rings. The summed E-state index contributed by atoms with van der Waals surface area (Å²) in [5, 5.41) is 16.3. The molecule has 1 spiro atoms. The normalized spacial score (nSPS) is 21.3. The predicted octanol–water partition coefficient (Wildman–Crippen LogP) is 7.51. The maximum Gasteiger partial charge on any atom is 0.297 e. The maximum atomic E-state index is 14.1. The fourth-order valence-electron chi connectivity index (χ4n) is 10.6. The second kappa shape index (κ2) is 17.4. The Hall–Kier alpha value is -6.01. The number of nitrogens with zero attached hydrogens (tertiary/aromatic N) is 5. The van der Waals surface area contributed by atoms with Crippen molar-refractivity contribution in [1.29, 1.82) is 0 Å². The number of amides is 1. The second-order valence-electron chi connectivity index (χ2n) is 18.3. The van der Waals surface area contributed by atoms with E-state index in [-0.39, 0.29) is 40.8 Å². The standard InChI is InChI=1S/C48H54N8O8S/c1-31(2)38-6-3-4-7-39(38)41-8-5-15-55(41)35-26-48(27-35)12-16-54(17-13-48)34-9-10-40(43(23-34)64-36-22-32-11-14-49-46(32)50-28-36)47(57)52-65(60,61)37-24-42(56(58)59)45-44(25-37)63-30-33(51-45)29-53-18-20-62-21-19-53/h3-4,6-7,9-11,14,22-25,28,33,35,41,51H,1,5,8,12-13,15-21,26-27,29-30H2,2H3,(H,49,50)(H,52,57)/t33-,41-/m0/s1. The molecule has 10 rings (SSSR count). The van der Waals surface area contributed by atoms with Gasteiger partial charge < -0.3 is 29.4 Å². The smallest absolute Gasteiger partial charge is 0.297 e. The molecule has 2 aromatic heterocycles. The van der Waals surface area contributed by atoms with Crippen LogP contribution in [0.25, 0.3) is 16.6 Å². The average Bonchev–Trinajstić information content (AvgIpc) is 3.98. The highest BCUT2D eigenvalue weighted by Gasteiger charge is 2.50. The molecule has 16 nitrogen and oxygen atoms in total. The molecule has 340 valence electrons. The number of sulfonamides is 1. The number of rotatable bonds is 12. The quantitative estimate of drug-likeness (QED) is 0.0827. The highest BCUT2D eigenvalue weighted by atomic mass is 32.2. The van der Waals surface area contributed by atoms with Crippen LogP contribution in [0.4, 0.5) is 17.1 Å². The number of fused-ring (bicyclic) bond motifs is 2. The molecule has 3 N–H and O–H groups in total.